The second kappa shape index (κ2) is 7.98. The average molecular weight is 419 g/mol. The van der Waals surface area contributed by atoms with Crippen molar-refractivity contribution in [1.82, 2.24) is 15.0 Å². The highest BCUT2D eigenvalue weighted by Gasteiger charge is 2.14. The van der Waals surface area contributed by atoms with Crippen molar-refractivity contribution in [3.05, 3.63) is 102 Å². The van der Waals surface area contributed by atoms with Crippen molar-refractivity contribution in [3.8, 4) is 40.0 Å². The Bertz CT molecular complexity index is 1460. The van der Waals surface area contributed by atoms with Gasteiger partial charge in [-0.1, -0.05) is 72.8 Å². The summed E-state index contributed by atoms with van der Waals surface area (Å²) in [5, 5.41) is 11.5. The fraction of sp³-hybridized carbons (Fsp3) is 0. The largest absolute Gasteiger partial charge is 0.226 e. The fourth-order valence-electron chi connectivity index (χ4n) is 3.69. The monoisotopic (exact) mass is 418 g/mol. The molecule has 0 amide bonds. The summed E-state index contributed by atoms with van der Waals surface area (Å²) in [6, 6.07) is 31.7. The molecule has 0 saturated carbocycles. The van der Waals surface area contributed by atoms with Gasteiger partial charge in [0.25, 0.3) is 0 Å². The molecule has 4 aromatic carbocycles. The zero-order valence-electron chi connectivity index (χ0n) is 16.3. The van der Waals surface area contributed by atoms with Crippen LogP contribution in [0.15, 0.2) is 91.0 Å². The van der Waals surface area contributed by atoms with E-state index < -0.39 is 0 Å². The van der Waals surface area contributed by atoms with E-state index in [9.17, 15) is 5.26 Å². The van der Waals surface area contributed by atoms with Crippen molar-refractivity contribution in [3.63, 3.8) is 0 Å². The summed E-state index contributed by atoms with van der Waals surface area (Å²) in [5.41, 5.74) is 4.40. The van der Waals surface area contributed by atoms with Crippen LogP contribution < -0.4 is 0 Å². The third-order valence-electron chi connectivity index (χ3n) is 5.11. The zero-order valence-corrected chi connectivity index (χ0v) is 17.1. The summed E-state index contributed by atoms with van der Waals surface area (Å²) in [6.45, 7) is 0. The minimum Gasteiger partial charge on any atom is -0.208 e. The van der Waals surface area contributed by atoms with Crippen LogP contribution in [-0.2, 0) is 0 Å². The van der Waals surface area contributed by atoms with E-state index in [4.69, 9.17) is 16.6 Å². The van der Waals surface area contributed by atoms with Crippen LogP contribution in [0.2, 0.25) is 5.28 Å². The Morgan fingerprint density at radius 1 is 0.613 bits per heavy atom. The first kappa shape index (κ1) is 18.9. The molecule has 0 N–H and O–H groups in total. The van der Waals surface area contributed by atoms with Crippen LogP contribution >= 0.6 is 11.6 Å². The summed E-state index contributed by atoms with van der Waals surface area (Å²) in [4.78, 5) is 13.4. The Labute approximate surface area is 184 Å². The lowest BCUT2D eigenvalue weighted by Crippen LogP contribution is -1.98. The maximum atomic E-state index is 9.28. The first-order valence-electron chi connectivity index (χ1n) is 9.72. The number of nitriles is 1. The summed E-state index contributed by atoms with van der Waals surface area (Å²) in [6.07, 6.45) is 0. The van der Waals surface area contributed by atoms with Crippen LogP contribution in [-0.4, -0.2) is 15.0 Å². The molecule has 5 heteroatoms. The van der Waals surface area contributed by atoms with E-state index in [0.29, 0.717) is 17.2 Å². The molecule has 0 bridgehead atoms. The third kappa shape index (κ3) is 3.63. The number of hydrogen-bond acceptors (Lipinski definition) is 4. The summed E-state index contributed by atoms with van der Waals surface area (Å²) < 4.78 is 0. The molecule has 0 unspecified atom stereocenters. The van der Waals surface area contributed by atoms with Crippen LogP contribution in [0.1, 0.15) is 5.56 Å². The van der Waals surface area contributed by atoms with Crippen molar-refractivity contribution < 1.29 is 0 Å². The molecular weight excluding hydrogens is 404 g/mol. The lowest BCUT2D eigenvalue weighted by molar-refractivity contribution is 1.07. The number of hydrogen-bond donors (Lipinski definition) is 0. The van der Waals surface area contributed by atoms with E-state index in [1.807, 2.05) is 78.9 Å². The lowest BCUT2D eigenvalue weighted by atomic mass is 9.94. The van der Waals surface area contributed by atoms with E-state index in [2.05, 4.69) is 22.1 Å². The maximum absolute atomic E-state index is 9.28. The van der Waals surface area contributed by atoms with Gasteiger partial charge in [-0.3, -0.25) is 0 Å². The van der Waals surface area contributed by atoms with Crippen molar-refractivity contribution in [2.45, 2.75) is 0 Å². The van der Waals surface area contributed by atoms with Gasteiger partial charge in [-0.05, 0) is 51.7 Å². The molecule has 0 radical (unpaired) electrons. The van der Waals surface area contributed by atoms with Gasteiger partial charge in [-0.15, -0.1) is 0 Å². The van der Waals surface area contributed by atoms with Crippen LogP contribution in [0.3, 0.4) is 0 Å². The molecule has 4 nitrogen and oxygen atoms in total. The molecule has 146 valence electrons. The molecule has 0 spiro atoms. The number of rotatable bonds is 3. The van der Waals surface area contributed by atoms with Crippen LogP contribution in [0.4, 0.5) is 0 Å². The molecule has 0 fully saturated rings. The smallest absolute Gasteiger partial charge is 0.208 e. The Kier molecular flexibility index (Phi) is 4.87. The molecule has 0 atom stereocenters. The molecule has 0 aliphatic carbocycles. The van der Waals surface area contributed by atoms with E-state index >= 15 is 0 Å². The number of halogens is 1. The van der Waals surface area contributed by atoms with Gasteiger partial charge in [0.1, 0.15) is 0 Å². The van der Waals surface area contributed by atoms with Gasteiger partial charge in [0.15, 0.2) is 11.6 Å². The molecule has 0 aliphatic heterocycles. The maximum Gasteiger partial charge on any atom is 0.226 e. The molecule has 31 heavy (non-hydrogen) atoms. The SMILES string of the molecule is N#Cc1cccc(-c2ccc(-c3nc(Cl)nc(-c4ccccc4)n3)c3ccccc23)c1. The standard InChI is InChI=1S/C26H15ClN4/c27-26-30-24(18-8-2-1-3-9-18)29-25(31-26)23-14-13-20(21-11-4-5-12-22(21)23)19-10-6-7-17(15-19)16-28/h1-15H. The lowest BCUT2D eigenvalue weighted by Gasteiger charge is -2.12. The van der Waals surface area contributed by atoms with Crippen molar-refractivity contribution in [1.29, 1.82) is 5.26 Å². The third-order valence-corrected chi connectivity index (χ3v) is 5.28. The van der Waals surface area contributed by atoms with Crippen LogP contribution in [0.25, 0.3) is 44.7 Å². The summed E-state index contributed by atoms with van der Waals surface area (Å²) in [7, 11) is 0. The normalized spacial score (nSPS) is 10.7. The minimum atomic E-state index is 0.152. The molecule has 1 heterocycles. The Morgan fingerprint density at radius 3 is 2.03 bits per heavy atom. The predicted molar refractivity (Wildman–Crippen MR) is 123 cm³/mol. The van der Waals surface area contributed by atoms with Crippen LogP contribution in [0.5, 0.6) is 0 Å². The predicted octanol–water partition coefficient (Wildman–Crippen LogP) is 6.55. The van der Waals surface area contributed by atoms with E-state index in [-0.39, 0.29) is 5.28 Å². The second-order valence-corrected chi connectivity index (χ2v) is 7.35. The van der Waals surface area contributed by atoms with Gasteiger partial charge in [0.05, 0.1) is 11.6 Å². The van der Waals surface area contributed by atoms with E-state index in [1.165, 1.54) is 0 Å². The van der Waals surface area contributed by atoms with Crippen LogP contribution in [0, 0.1) is 11.3 Å². The molecule has 5 aromatic rings. The molecule has 1 aromatic heterocycles. The Morgan fingerprint density at radius 2 is 1.26 bits per heavy atom. The highest BCUT2D eigenvalue weighted by molar-refractivity contribution is 6.28. The highest BCUT2D eigenvalue weighted by Crippen LogP contribution is 2.35. The fourth-order valence-corrected chi connectivity index (χ4v) is 3.85. The molecule has 0 aliphatic rings. The van der Waals surface area contributed by atoms with Gasteiger partial charge in [0, 0.05) is 11.1 Å². The number of fused-ring (bicyclic) bond motifs is 1. The van der Waals surface area contributed by atoms with E-state index in [1.54, 1.807) is 6.07 Å². The minimum absolute atomic E-state index is 0.152. The molecular formula is C26H15ClN4. The zero-order chi connectivity index (χ0) is 21.2. The van der Waals surface area contributed by atoms with Gasteiger partial charge >= 0.3 is 0 Å². The topological polar surface area (TPSA) is 62.5 Å². The quantitative estimate of drug-likeness (QED) is 0.333. The number of benzene rings is 4. The number of nitrogens with zero attached hydrogens (tertiary/aromatic N) is 4. The van der Waals surface area contributed by atoms with Crippen molar-refractivity contribution in [2.24, 2.45) is 0 Å². The molecule has 5 rings (SSSR count). The second-order valence-electron chi connectivity index (χ2n) is 7.02. The average Bonchev–Trinajstić information content (AvgIpc) is 2.83. The van der Waals surface area contributed by atoms with E-state index in [0.717, 1.165) is 33.0 Å². The van der Waals surface area contributed by atoms with Gasteiger partial charge in [-0.2, -0.15) is 15.2 Å². The Balaban J connectivity index is 1.71. The van der Waals surface area contributed by atoms with Gasteiger partial charge in [-0.25, -0.2) is 4.98 Å². The van der Waals surface area contributed by atoms with Crippen molar-refractivity contribution >= 4 is 22.4 Å². The first-order valence-corrected chi connectivity index (χ1v) is 10.1. The van der Waals surface area contributed by atoms with Gasteiger partial charge in [0.2, 0.25) is 5.28 Å². The highest BCUT2D eigenvalue weighted by atomic mass is 35.5. The summed E-state index contributed by atoms with van der Waals surface area (Å²) in [5.74, 6) is 1.05. The molecule has 0 saturated heterocycles. The Hall–Kier alpha value is -4.07. The van der Waals surface area contributed by atoms with Crippen molar-refractivity contribution in [2.75, 3.05) is 0 Å². The first-order chi connectivity index (χ1) is 15.2. The van der Waals surface area contributed by atoms with Gasteiger partial charge < -0.3 is 0 Å². The number of aromatic nitrogens is 3. The summed E-state index contributed by atoms with van der Waals surface area (Å²) >= 11 is 6.27.